The third-order valence-electron chi connectivity index (χ3n) is 4.80. The molecule has 156 valence electrons. The first-order valence-electron chi connectivity index (χ1n) is 10.0. The molecule has 2 aromatic carbocycles. The van der Waals surface area contributed by atoms with E-state index in [-0.39, 0.29) is 5.91 Å². The van der Waals surface area contributed by atoms with E-state index in [1.807, 2.05) is 74.5 Å². The van der Waals surface area contributed by atoms with Crippen LogP contribution in [0.5, 0.6) is 5.75 Å². The Morgan fingerprint density at radius 3 is 2.32 bits per heavy atom. The van der Waals surface area contributed by atoms with Crippen molar-refractivity contribution in [2.45, 2.75) is 26.9 Å². The van der Waals surface area contributed by atoms with E-state index >= 15 is 0 Å². The number of aryl methyl sites for hydroxylation is 2. The zero-order valence-corrected chi connectivity index (χ0v) is 18.3. The molecule has 2 aromatic heterocycles. The van der Waals surface area contributed by atoms with E-state index in [9.17, 15) is 4.79 Å². The summed E-state index contributed by atoms with van der Waals surface area (Å²) in [4.78, 5) is 21.9. The van der Waals surface area contributed by atoms with Crippen LogP contribution < -0.4 is 10.1 Å². The Morgan fingerprint density at radius 2 is 1.61 bits per heavy atom. The normalized spacial score (nSPS) is 10.6. The summed E-state index contributed by atoms with van der Waals surface area (Å²) in [5, 5.41) is 3.74. The standard InChI is InChI=1S/C25H23N3O2S/c1-17-3-9-22(10-4-17)30-16-23-27-18(2)24(31-23)25(29)28-21-7-5-19(6-8-21)15-20-11-13-26-14-12-20/h3-14H,15-16H2,1-2H3,(H,28,29). The lowest BCUT2D eigenvalue weighted by molar-refractivity contribution is 0.103. The van der Waals surface area contributed by atoms with Crippen LogP contribution in [0, 0.1) is 13.8 Å². The fourth-order valence-electron chi connectivity index (χ4n) is 3.13. The second-order valence-corrected chi connectivity index (χ2v) is 8.39. The van der Waals surface area contributed by atoms with Gasteiger partial charge in [0.15, 0.2) is 0 Å². The van der Waals surface area contributed by atoms with Crippen molar-refractivity contribution in [3.63, 3.8) is 0 Å². The molecule has 0 fully saturated rings. The minimum atomic E-state index is -0.154. The predicted molar refractivity (Wildman–Crippen MR) is 124 cm³/mol. The van der Waals surface area contributed by atoms with E-state index < -0.39 is 0 Å². The topological polar surface area (TPSA) is 64.1 Å². The molecule has 0 aliphatic heterocycles. The highest BCUT2D eigenvalue weighted by Crippen LogP contribution is 2.22. The number of hydrogen-bond acceptors (Lipinski definition) is 5. The van der Waals surface area contributed by atoms with Gasteiger partial charge < -0.3 is 10.1 Å². The number of benzene rings is 2. The molecule has 0 bridgehead atoms. The highest BCUT2D eigenvalue weighted by atomic mass is 32.1. The van der Waals surface area contributed by atoms with Crippen LogP contribution in [0.2, 0.25) is 0 Å². The van der Waals surface area contributed by atoms with E-state index in [2.05, 4.69) is 15.3 Å². The van der Waals surface area contributed by atoms with Crippen molar-refractivity contribution in [1.82, 2.24) is 9.97 Å². The third kappa shape index (κ3) is 5.55. The van der Waals surface area contributed by atoms with Crippen molar-refractivity contribution in [3.05, 3.63) is 105 Å². The van der Waals surface area contributed by atoms with E-state index in [4.69, 9.17) is 4.74 Å². The van der Waals surface area contributed by atoms with Gasteiger partial charge in [0.25, 0.3) is 5.91 Å². The molecule has 0 aliphatic rings. The van der Waals surface area contributed by atoms with Gasteiger partial charge in [-0.2, -0.15) is 0 Å². The average molecular weight is 430 g/mol. The van der Waals surface area contributed by atoms with Gasteiger partial charge in [0.05, 0.1) is 5.69 Å². The molecule has 5 nitrogen and oxygen atoms in total. The minimum absolute atomic E-state index is 0.154. The Labute approximate surface area is 185 Å². The number of rotatable bonds is 7. The van der Waals surface area contributed by atoms with Crippen molar-refractivity contribution in [2.75, 3.05) is 5.32 Å². The number of aromatic nitrogens is 2. The molecule has 4 rings (SSSR count). The van der Waals surface area contributed by atoms with E-state index in [0.29, 0.717) is 17.2 Å². The maximum absolute atomic E-state index is 12.7. The number of nitrogens with zero attached hydrogens (tertiary/aromatic N) is 2. The monoisotopic (exact) mass is 429 g/mol. The molecular formula is C25H23N3O2S. The van der Waals surface area contributed by atoms with Gasteiger partial charge in [-0.3, -0.25) is 9.78 Å². The van der Waals surface area contributed by atoms with Crippen molar-refractivity contribution in [3.8, 4) is 5.75 Å². The largest absolute Gasteiger partial charge is 0.486 e. The maximum atomic E-state index is 12.7. The number of pyridine rings is 1. The van der Waals surface area contributed by atoms with Crippen molar-refractivity contribution >= 4 is 22.9 Å². The summed E-state index contributed by atoms with van der Waals surface area (Å²) in [6, 6.07) is 19.8. The van der Waals surface area contributed by atoms with Gasteiger partial charge in [-0.05, 0) is 67.8 Å². The molecule has 0 atom stereocenters. The van der Waals surface area contributed by atoms with Crippen LogP contribution in [0.1, 0.15) is 37.1 Å². The first kappa shape index (κ1) is 20.8. The number of amides is 1. The molecule has 31 heavy (non-hydrogen) atoms. The van der Waals surface area contributed by atoms with E-state index in [1.54, 1.807) is 12.4 Å². The highest BCUT2D eigenvalue weighted by molar-refractivity contribution is 7.13. The maximum Gasteiger partial charge on any atom is 0.267 e. The number of carbonyl (C=O) groups excluding carboxylic acids is 1. The lowest BCUT2D eigenvalue weighted by Crippen LogP contribution is -2.11. The summed E-state index contributed by atoms with van der Waals surface area (Å²) in [5.41, 5.74) is 5.02. The number of nitrogens with one attached hydrogen (secondary N) is 1. The molecule has 0 unspecified atom stereocenters. The SMILES string of the molecule is Cc1ccc(OCc2nc(C)c(C(=O)Nc3ccc(Cc4ccncc4)cc3)s2)cc1. The summed E-state index contributed by atoms with van der Waals surface area (Å²) in [6.45, 7) is 4.22. The molecule has 0 saturated carbocycles. The number of hydrogen-bond donors (Lipinski definition) is 1. The Bertz CT molecular complexity index is 1150. The molecule has 0 saturated heterocycles. The van der Waals surface area contributed by atoms with Crippen molar-refractivity contribution < 1.29 is 9.53 Å². The molecule has 4 aromatic rings. The molecule has 0 aliphatic carbocycles. The Balaban J connectivity index is 1.36. The Hall–Kier alpha value is -3.51. The van der Waals surface area contributed by atoms with Gasteiger partial charge in [0.1, 0.15) is 22.2 Å². The molecule has 2 heterocycles. The fraction of sp³-hybridized carbons (Fsp3) is 0.160. The average Bonchev–Trinajstić information content (AvgIpc) is 3.16. The van der Waals surface area contributed by atoms with Gasteiger partial charge in [0, 0.05) is 18.1 Å². The Morgan fingerprint density at radius 1 is 0.935 bits per heavy atom. The number of carbonyl (C=O) groups is 1. The highest BCUT2D eigenvalue weighted by Gasteiger charge is 2.16. The summed E-state index contributed by atoms with van der Waals surface area (Å²) < 4.78 is 5.79. The zero-order valence-electron chi connectivity index (χ0n) is 17.5. The van der Waals surface area contributed by atoms with Crippen LogP contribution in [0.3, 0.4) is 0 Å². The lowest BCUT2D eigenvalue weighted by atomic mass is 10.1. The summed E-state index contributed by atoms with van der Waals surface area (Å²) in [5.74, 6) is 0.634. The van der Waals surface area contributed by atoms with Crippen LogP contribution in [0.25, 0.3) is 0 Å². The molecule has 1 amide bonds. The fourth-order valence-corrected chi connectivity index (χ4v) is 4.01. The van der Waals surface area contributed by atoms with Gasteiger partial charge in [-0.25, -0.2) is 4.98 Å². The first-order valence-corrected chi connectivity index (χ1v) is 10.8. The quantitative estimate of drug-likeness (QED) is 0.417. The molecular weight excluding hydrogens is 406 g/mol. The second kappa shape index (κ2) is 9.53. The molecule has 0 spiro atoms. The van der Waals surface area contributed by atoms with Crippen LogP contribution in [-0.4, -0.2) is 15.9 Å². The van der Waals surface area contributed by atoms with Gasteiger partial charge in [-0.15, -0.1) is 11.3 Å². The van der Waals surface area contributed by atoms with E-state index in [1.165, 1.54) is 28.0 Å². The molecule has 6 heteroatoms. The van der Waals surface area contributed by atoms with E-state index in [0.717, 1.165) is 22.9 Å². The molecule has 0 radical (unpaired) electrons. The zero-order chi connectivity index (χ0) is 21.6. The predicted octanol–water partition coefficient (Wildman–Crippen LogP) is 5.58. The number of ether oxygens (including phenoxy) is 1. The lowest BCUT2D eigenvalue weighted by Gasteiger charge is -2.06. The first-order chi connectivity index (χ1) is 15.1. The van der Waals surface area contributed by atoms with Crippen LogP contribution in [0.15, 0.2) is 73.1 Å². The summed E-state index contributed by atoms with van der Waals surface area (Å²) in [7, 11) is 0. The summed E-state index contributed by atoms with van der Waals surface area (Å²) >= 11 is 1.36. The third-order valence-corrected chi connectivity index (χ3v) is 5.93. The Kier molecular flexibility index (Phi) is 6.38. The smallest absolute Gasteiger partial charge is 0.267 e. The number of anilines is 1. The van der Waals surface area contributed by atoms with Gasteiger partial charge >= 0.3 is 0 Å². The van der Waals surface area contributed by atoms with Crippen LogP contribution in [0.4, 0.5) is 5.69 Å². The van der Waals surface area contributed by atoms with Crippen molar-refractivity contribution in [1.29, 1.82) is 0 Å². The van der Waals surface area contributed by atoms with Gasteiger partial charge in [-0.1, -0.05) is 29.8 Å². The van der Waals surface area contributed by atoms with Crippen LogP contribution >= 0.6 is 11.3 Å². The second-order valence-electron chi connectivity index (χ2n) is 7.31. The number of thiazole rings is 1. The van der Waals surface area contributed by atoms with Crippen LogP contribution in [-0.2, 0) is 13.0 Å². The minimum Gasteiger partial charge on any atom is -0.486 e. The summed E-state index contributed by atoms with van der Waals surface area (Å²) in [6.07, 6.45) is 4.41. The van der Waals surface area contributed by atoms with Crippen molar-refractivity contribution in [2.24, 2.45) is 0 Å². The van der Waals surface area contributed by atoms with Gasteiger partial charge in [0.2, 0.25) is 0 Å². The molecule has 1 N–H and O–H groups in total.